The standard InChI is InChI=1S/C13H15ClF2/c14-10(7-9-3-1-4-9)8-11-12(15)5-2-6-13(11)16/h2,5-6,9-10H,1,3-4,7-8H2. The SMILES string of the molecule is Fc1cccc(F)c1CC(Cl)CC1CCC1. The summed E-state index contributed by atoms with van der Waals surface area (Å²) in [7, 11) is 0. The van der Waals surface area contributed by atoms with Crippen molar-refractivity contribution in [3.05, 3.63) is 35.4 Å². The van der Waals surface area contributed by atoms with Crippen LogP contribution in [0.1, 0.15) is 31.2 Å². The van der Waals surface area contributed by atoms with Gasteiger partial charge in [0, 0.05) is 10.9 Å². The van der Waals surface area contributed by atoms with Crippen molar-refractivity contribution in [1.82, 2.24) is 0 Å². The van der Waals surface area contributed by atoms with Gasteiger partial charge < -0.3 is 0 Å². The van der Waals surface area contributed by atoms with Crippen molar-refractivity contribution in [2.45, 2.75) is 37.5 Å². The fraction of sp³-hybridized carbons (Fsp3) is 0.538. The molecule has 1 unspecified atom stereocenters. The molecule has 0 amide bonds. The van der Waals surface area contributed by atoms with E-state index >= 15 is 0 Å². The molecule has 0 nitrogen and oxygen atoms in total. The number of hydrogen-bond donors (Lipinski definition) is 0. The molecule has 0 aliphatic heterocycles. The van der Waals surface area contributed by atoms with Crippen LogP contribution in [-0.4, -0.2) is 5.38 Å². The highest BCUT2D eigenvalue weighted by Gasteiger charge is 2.22. The minimum Gasteiger partial charge on any atom is -0.207 e. The Hall–Kier alpha value is -0.630. The third-order valence-electron chi connectivity index (χ3n) is 3.30. The lowest BCUT2D eigenvalue weighted by Crippen LogP contribution is -2.18. The Morgan fingerprint density at radius 1 is 1.25 bits per heavy atom. The second-order valence-electron chi connectivity index (χ2n) is 4.53. The van der Waals surface area contributed by atoms with Crippen LogP contribution in [0.5, 0.6) is 0 Å². The van der Waals surface area contributed by atoms with E-state index in [1.165, 1.54) is 37.5 Å². The van der Waals surface area contributed by atoms with Crippen LogP contribution in [0.2, 0.25) is 0 Å². The first-order chi connectivity index (χ1) is 7.66. The first-order valence-corrected chi connectivity index (χ1v) is 6.17. The Labute approximate surface area is 99.6 Å². The molecule has 1 aliphatic carbocycles. The molecule has 0 spiro atoms. The maximum atomic E-state index is 13.3. The molecule has 0 aromatic heterocycles. The van der Waals surface area contributed by atoms with Gasteiger partial charge in [-0.2, -0.15) is 0 Å². The monoisotopic (exact) mass is 244 g/mol. The lowest BCUT2D eigenvalue weighted by Gasteiger charge is -2.27. The molecule has 88 valence electrons. The Morgan fingerprint density at radius 2 is 1.88 bits per heavy atom. The van der Waals surface area contributed by atoms with Crippen molar-refractivity contribution in [2.75, 3.05) is 0 Å². The molecule has 0 radical (unpaired) electrons. The normalized spacial score (nSPS) is 18.2. The van der Waals surface area contributed by atoms with E-state index in [-0.39, 0.29) is 17.4 Å². The van der Waals surface area contributed by atoms with Crippen LogP contribution < -0.4 is 0 Å². The lowest BCUT2D eigenvalue weighted by molar-refractivity contribution is 0.291. The van der Waals surface area contributed by atoms with E-state index < -0.39 is 11.6 Å². The minimum atomic E-state index is -0.487. The van der Waals surface area contributed by atoms with Gasteiger partial charge in [-0.15, -0.1) is 11.6 Å². The zero-order valence-electron chi connectivity index (χ0n) is 9.06. The summed E-state index contributed by atoms with van der Waals surface area (Å²) < 4.78 is 26.7. The first kappa shape index (κ1) is 11.8. The van der Waals surface area contributed by atoms with E-state index in [1.807, 2.05) is 0 Å². The van der Waals surface area contributed by atoms with Gasteiger partial charge in [0.1, 0.15) is 11.6 Å². The molecule has 0 bridgehead atoms. The maximum absolute atomic E-state index is 13.3. The molecule has 2 rings (SSSR count). The van der Waals surface area contributed by atoms with Crippen LogP contribution in [0.25, 0.3) is 0 Å². The molecule has 1 fully saturated rings. The van der Waals surface area contributed by atoms with Crippen molar-refractivity contribution in [1.29, 1.82) is 0 Å². The van der Waals surface area contributed by atoms with E-state index in [0.29, 0.717) is 5.92 Å². The van der Waals surface area contributed by atoms with Crippen molar-refractivity contribution >= 4 is 11.6 Å². The van der Waals surface area contributed by atoms with E-state index in [2.05, 4.69) is 0 Å². The molecule has 1 atom stereocenters. The highest BCUT2D eigenvalue weighted by atomic mass is 35.5. The molecule has 0 saturated heterocycles. The largest absolute Gasteiger partial charge is 0.207 e. The summed E-state index contributed by atoms with van der Waals surface area (Å²) >= 11 is 6.13. The smallest absolute Gasteiger partial charge is 0.129 e. The van der Waals surface area contributed by atoms with Crippen molar-refractivity contribution < 1.29 is 8.78 Å². The zero-order valence-corrected chi connectivity index (χ0v) is 9.81. The molecule has 1 saturated carbocycles. The molecule has 3 heteroatoms. The van der Waals surface area contributed by atoms with Gasteiger partial charge in [-0.3, -0.25) is 0 Å². The highest BCUT2D eigenvalue weighted by Crippen LogP contribution is 2.33. The van der Waals surface area contributed by atoms with Gasteiger partial charge in [0.15, 0.2) is 0 Å². The fourth-order valence-electron chi connectivity index (χ4n) is 2.12. The van der Waals surface area contributed by atoms with Crippen LogP contribution in [-0.2, 0) is 6.42 Å². The van der Waals surface area contributed by atoms with Crippen molar-refractivity contribution in [3.8, 4) is 0 Å². The predicted octanol–water partition coefficient (Wildman–Crippen LogP) is 4.30. The number of hydrogen-bond acceptors (Lipinski definition) is 0. The van der Waals surface area contributed by atoms with Gasteiger partial charge in [0.2, 0.25) is 0 Å². The highest BCUT2D eigenvalue weighted by molar-refractivity contribution is 6.20. The average molecular weight is 245 g/mol. The minimum absolute atomic E-state index is 0.127. The van der Waals surface area contributed by atoms with Crippen LogP contribution in [0.3, 0.4) is 0 Å². The molecule has 16 heavy (non-hydrogen) atoms. The molecule has 0 N–H and O–H groups in total. The van der Waals surface area contributed by atoms with Gasteiger partial charge >= 0.3 is 0 Å². The lowest BCUT2D eigenvalue weighted by atomic mass is 9.81. The number of halogens is 3. The molecule has 1 aromatic rings. The van der Waals surface area contributed by atoms with Crippen LogP contribution in [0, 0.1) is 17.6 Å². The molecular weight excluding hydrogens is 230 g/mol. The van der Waals surface area contributed by atoms with E-state index in [4.69, 9.17) is 11.6 Å². The van der Waals surface area contributed by atoms with Crippen molar-refractivity contribution in [2.24, 2.45) is 5.92 Å². The second kappa shape index (κ2) is 5.13. The Kier molecular flexibility index (Phi) is 3.80. The number of benzene rings is 1. The third kappa shape index (κ3) is 2.73. The zero-order chi connectivity index (χ0) is 11.5. The van der Waals surface area contributed by atoms with Gasteiger partial charge in [0.25, 0.3) is 0 Å². The molecule has 0 heterocycles. The number of rotatable bonds is 4. The fourth-order valence-corrected chi connectivity index (χ4v) is 2.53. The Morgan fingerprint density at radius 3 is 2.38 bits per heavy atom. The van der Waals surface area contributed by atoms with Gasteiger partial charge in [0.05, 0.1) is 0 Å². The maximum Gasteiger partial charge on any atom is 0.129 e. The number of alkyl halides is 1. The van der Waals surface area contributed by atoms with Crippen LogP contribution in [0.15, 0.2) is 18.2 Å². The van der Waals surface area contributed by atoms with E-state index in [0.717, 1.165) is 6.42 Å². The third-order valence-corrected chi connectivity index (χ3v) is 3.63. The molecular formula is C13H15ClF2. The average Bonchev–Trinajstić information content (AvgIpc) is 2.18. The summed E-state index contributed by atoms with van der Waals surface area (Å²) in [5.41, 5.74) is 0.127. The summed E-state index contributed by atoms with van der Waals surface area (Å²) in [5, 5.41) is -0.156. The van der Waals surface area contributed by atoms with Gasteiger partial charge in [-0.1, -0.05) is 25.3 Å². The van der Waals surface area contributed by atoms with Crippen LogP contribution in [0.4, 0.5) is 8.78 Å². The quantitative estimate of drug-likeness (QED) is 0.693. The Balaban J connectivity index is 1.96. The van der Waals surface area contributed by atoms with Gasteiger partial charge in [-0.05, 0) is 30.9 Å². The van der Waals surface area contributed by atoms with E-state index in [1.54, 1.807) is 0 Å². The first-order valence-electron chi connectivity index (χ1n) is 5.73. The summed E-state index contributed by atoms with van der Waals surface area (Å²) in [6, 6.07) is 3.94. The van der Waals surface area contributed by atoms with Gasteiger partial charge in [-0.25, -0.2) is 8.78 Å². The molecule has 1 aromatic carbocycles. The topological polar surface area (TPSA) is 0 Å². The molecule has 1 aliphatic rings. The summed E-state index contributed by atoms with van der Waals surface area (Å²) in [5.74, 6) is -0.309. The van der Waals surface area contributed by atoms with E-state index in [9.17, 15) is 8.78 Å². The Bertz CT molecular complexity index is 341. The summed E-state index contributed by atoms with van der Waals surface area (Å²) in [6.07, 6.45) is 4.85. The predicted molar refractivity (Wildman–Crippen MR) is 61.7 cm³/mol. The van der Waals surface area contributed by atoms with Crippen molar-refractivity contribution in [3.63, 3.8) is 0 Å². The summed E-state index contributed by atoms with van der Waals surface area (Å²) in [6.45, 7) is 0. The second-order valence-corrected chi connectivity index (χ2v) is 5.15. The summed E-state index contributed by atoms with van der Waals surface area (Å²) in [4.78, 5) is 0. The van der Waals surface area contributed by atoms with Crippen LogP contribution >= 0.6 is 11.6 Å².